The number of allylic oxidation sites excluding steroid dienone is 2. The van der Waals surface area contributed by atoms with Crippen molar-refractivity contribution in [3.8, 4) is 6.07 Å². The van der Waals surface area contributed by atoms with E-state index in [4.69, 9.17) is 5.26 Å². The van der Waals surface area contributed by atoms with Crippen molar-refractivity contribution in [1.29, 1.82) is 5.26 Å². The number of nitrogens with zero attached hydrogens (tertiary/aromatic N) is 1. The van der Waals surface area contributed by atoms with Gasteiger partial charge in [-0.15, -0.1) is 0 Å². The van der Waals surface area contributed by atoms with Gasteiger partial charge in [-0.3, -0.25) is 0 Å². The van der Waals surface area contributed by atoms with Gasteiger partial charge in [-0.05, 0) is 11.6 Å². The van der Waals surface area contributed by atoms with Gasteiger partial charge in [0.1, 0.15) is 0 Å². The molecule has 12 heavy (non-hydrogen) atoms. The molecule has 0 spiro atoms. The fourth-order valence-electron chi connectivity index (χ4n) is 0.866. The summed E-state index contributed by atoms with van der Waals surface area (Å²) in [5.74, 6) is 0. The third kappa shape index (κ3) is 2.10. The van der Waals surface area contributed by atoms with Crippen LogP contribution in [0.15, 0.2) is 48.6 Å². The van der Waals surface area contributed by atoms with Crippen molar-refractivity contribution >= 4 is 6.08 Å². The lowest BCUT2D eigenvalue weighted by atomic mass is 10.1. The van der Waals surface area contributed by atoms with Crippen molar-refractivity contribution in [1.82, 2.24) is 0 Å². The van der Waals surface area contributed by atoms with Gasteiger partial charge in [0.05, 0.1) is 11.6 Å². The second-order valence-corrected chi connectivity index (χ2v) is 2.33. The Labute approximate surface area is 72.3 Å². The molecule has 1 aromatic carbocycles. The first-order chi connectivity index (χ1) is 5.86. The number of nitriles is 1. The van der Waals surface area contributed by atoms with Crippen molar-refractivity contribution < 1.29 is 0 Å². The Morgan fingerprint density at radius 2 is 2.00 bits per heavy atom. The van der Waals surface area contributed by atoms with E-state index in [0.29, 0.717) is 5.57 Å². The molecule has 1 heteroatoms. The monoisotopic (exact) mass is 155 g/mol. The van der Waals surface area contributed by atoms with E-state index < -0.39 is 0 Å². The van der Waals surface area contributed by atoms with Crippen LogP contribution in [0.3, 0.4) is 0 Å². The summed E-state index contributed by atoms with van der Waals surface area (Å²) in [5.41, 5.74) is 1.61. The molecular weight excluding hydrogens is 146 g/mol. The quantitative estimate of drug-likeness (QED) is 0.476. The minimum atomic E-state index is 0.584. The van der Waals surface area contributed by atoms with Crippen LogP contribution in [0.5, 0.6) is 0 Å². The zero-order valence-corrected chi connectivity index (χ0v) is 6.70. The van der Waals surface area contributed by atoms with Gasteiger partial charge in [-0.1, -0.05) is 43.0 Å². The van der Waals surface area contributed by atoms with Crippen LogP contribution in [0.25, 0.3) is 6.08 Å². The van der Waals surface area contributed by atoms with Gasteiger partial charge < -0.3 is 0 Å². The van der Waals surface area contributed by atoms with Crippen LogP contribution in [0.2, 0.25) is 0 Å². The van der Waals surface area contributed by atoms with Gasteiger partial charge in [-0.2, -0.15) is 5.26 Å². The van der Waals surface area contributed by atoms with Gasteiger partial charge in [0.15, 0.2) is 0 Å². The van der Waals surface area contributed by atoms with E-state index in [9.17, 15) is 0 Å². The lowest BCUT2D eigenvalue weighted by Crippen LogP contribution is -1.73. The third-order valence-electron chi connectivity index (χ3n) is 1.47. The first kappa shape index (κ1) is 8.29. The van der Waals surface area contributed by atoms with E-state index in [1.807, 2.05) is 36.4 Å². The first-order valence-corrected chi connectivity index (χ1v) is 3.66. The van der Waals surface area contributed by atoms with Crippen LogP contribution in [-0.4, -0.2) is 0 Å². The molecule has 1 aromatic rings. The molecule has 0 aliphatic carbocycles. The maximum Gasteiger partial charge on any atom is 0.0991 e. The minimum absolute atomic E-state index is 0.584. The van der Waals surface area contributed by atoms with Gasteiger partial charge in [0.25, 0.3) is 0 Å². The molecule has 1 nitrogen and oxygen atoms in total. The van der Waals surface area contributed by atoms with E-state index in [1.165, 1.54) is 0 Å². The maximum atomic E-state index is 8.60. The predicted octanol–water partition coefficient (Wildman–Crippen LogP) is 2.78. The number of benzene rings is 1. The highest BCUT2D eigenvalue weighted by molar-refractivity contribution is 5.60. The normalized spacial score (nSPS) is 10.4. The standard InChI is InChI=1S/C11H9N/c1-2-10(9-12)8-11-6-4-3-5-7-11/h2-8H,1H2. The molecule has 0 atom stereocenters. The van der Waals surface area contributed by atoms with Crippen molar-refractivity contribution in [2.45, 2.75) is 0 Å². The summed E-state index contributed by atoms with van der Waals surface area (Å²) in [6, 6.07) is 11.7. The van der Waals surface area contributed by atoms with Crippen molar-refractivity contribution in [2.75, 3.05) is 0 Å². The summed E-state index contributed by atoms with van der Waals surface area (Å²) < 4.78 is 0. The predicted molar refractivity (Wildman–Crippen MR) is 50.2 cm³/mol. The summed E-state index contributed by atoms with van der Waals surface area (Å²) in [4.78, 5) is 0. The van der Waals surface area contributed by atoms with E-state index in [-0.39, 0.29) is 0 Å². The molecule has 0 unspecified atom stereocenters. The van der Waals surface area contributed by atoms with E-state index >= 15 is 0 Å². The molecule has 0 heterocycles. The minimum Gasteiger partial charge on any atom is -0.192 e. The smallest absolute Gasteiger partial charge is 0.0991 e. The van der Waals surface area contributed by atoms with E-state index in [2.05, 4.69) is 6.58 Å². The Kier molecular flexibility index (Phi) is 2.87. The molecule has 0 bridgehead atoms. The summed E-state index contributed by atoms with van der Waals surface area (Å²) in [6.07, 6.45) is 3.35. The number of hydrogen-bond acceptors (Lipinski definition) is 1. The summed E-state index contributed by atoms with van der Waals surface area (Å²) in [6.45, 7) is 3.54. The lowest BCUT2D eigenvalue weighted by Gasteiger charge is -1.90. The second kappa shape index (κ2) is 4.15. The Morgan fingerprint density at radius 3 is 2.50 bits per heavy atom. The average molecular weight is 155 g/mol. The van der Waals surface area contributed by atoms with Crippen LogP contribution in [0.1, 0.15) is 5.56 Å². The van der Waals surface area contributed by atoms with Gasteiger partial charge in [0, 0.05) is 0 Å². The first-order valence-electron chi connectivity index (χ1n) is 3.66. The van der Waals surface area contributed by atoms with E-state index in [0.717, 1.165) is 5.56 Å². The highest BCUT2D eigenvalue weighted by atomic mass is 14.2. The maximum absolute atomic E-state index is 8.60. The molecule has 0 saturated carbocycles. The number of rotatable bonds is 2. The molecule has 0 saturated heterocycles. The molecular formula is C11H9N. The lowest BCUT2D eigenvalue weighted by molar-refractivity contribution is 1.51. The largest absolute Gasteiger partial charge is 0.192 e. The van der Waals surface area contributed by atoms with Crippen LogP contribution in [-0.2, 0) is 0 Å². The molecule has 0 aromatic heterocycles. The molecule has 1 rings (SSSR count). The summed E-state index contributed by atoms with van der Waals surface area (Å²) >= 11 is 0. The Morgan fingerprint density at radius 1 is 1.33 bits per heavy atom. The van der Waals surface area contributed by atoms with Crippen LogP contribution in [0.4, 0.5) is 0 Å². The zero-order valence-electron chi connectivity index (χ0n) is 6.70. The SMILES string of the molecule is C=CC(C#N)=Cc1ccccc1. The molecule has 0 aliphatic rings. The van der Waals surface area contributed by atoms with Crippen molar-refractivity contribution in [2.24, 2.45) is 0 Å². The fraction of sp³-hybridized carbons (Fsp3) is 0. The third-order valence-corrected chi connectivity index (χ3v) is 1.47. The molecule has 0 fully saturated rings. The number of hydrogen-bond donors (Lipinski definition) is 0. The Hall–Kier alpha value is -1.81. The second-order valence-electron chi connectivity index (χ2n) is 2.33. The highest BCUT2D eigenvalue weighted by Gasteiger charge is 1.88. The van der Waals surface area contributed by atoms with E-state index in [1.54, 1.807) is 12.2 Å². The van der Waals surface area contributed by atoms with Gasteiger partial charge >= 0.3 is 0 Å². The van der Waals surface area contributed by atoms with Crippen LogP contribution in [0, 0.1) is 11.3 Å². The Balaban J connectivity index is 2.96. The molecule has 0 aliphatic heterocycles. The molecule has 58 valence electrons. The molecule has 0 N–H and O–H groups in total. The van der Waals surface area contributed by atoms with Gasteiger partial charge in [-0.25, -0.2) is 0 Å². The van der Waals surface area contributed by atoms with Crippen LogP contribution < -0.4 is 0 Å². The molecule has 0 radical (unpaired) electrons. The van der Waals surface area contributed by atoms with Crippen LogP contribution >= 0.6 is 0 Å². The molecule has 0 amide bonds. The highest BCUT2D eigenvalue weighted by Crippen LogP contribution is 2.05. The summed E-state index contributed by atoms with van der Waals surface area (Å²) in [7, 11) is 0. The fourth-order valence-corrected chi connectivity index (χ4v) is 0.866. The Bertz CT molecular complexity index is 328. The van der Waals surface area contributed by atoms with Crippen molar-refractivity contribution in [3.05, 3.63) is 54.1 Å². The summed E-state index contributed by atoms with van der Waals surface area (Å²) in [5, 5.41) is 8.60. The average Bonchev–Trinajstić information content (AvgIpc) is 2.16. The van der Waals surface area contributed by atoms with Crippen molar-refractivity contribution in [3.63, 3.8) is 0 Å². The zero-order chi connectivity index (χ0) is 8.81. The van der Waals surface area contributed by atoms with Gasteiger partial charge in [0.2, 0.25) is 0 Å². The topological polar surface area (TPSA) is 23.8 Å².